The van der Waals surface area contributed by atoms with E-state index in [1.165, 1.54) is 0 Å². The number of nitrogens with zero attached hydrogens (tertiary/aromatic N) is 2. The first-order chi connectivity index (χ1) is 15.5. The summed E-state index contributed by atoms with van der Waals surface area (Å²) in [7, 11) is -2.95. The van der Waals surface area contributed by atoms with Gasteiger partial charge >= 0.3 is 12.4 Å². The molecule has 0 unspecified atom stereocenters. The molecule has 2 N–H and O–H groups in total. The summed E-state index contributed by atoms with van der Waals surface area (Å²) in [6.07, 6.45) is -9.77. The van der Waals surface area contributed by atoms with Crippen molar-refractivity contribution in [3.8, 4) is 0 Å². The van der Waals surface area contributed by atoms with Crippen molar-refractivity contribution >= 4 is 15.7 Å². The van der Waals surface area contributed by atoms with Crippen molar-refractivity contribution in [3.05, 3.63) is 47.3 Å². The molecule has 34 heavy (non-hydrogen) atoms. The highest BCUT2D eigenvalue weighted by Gasteiger charge is 2.40. The van der Waals surface area contributed by atoms with E-state index < -0.39 is 55.1 Å². The van der Waals surface area contributed by atoms with Crippen molar-refractivity contribution in [1.29, 1.82) is 0 Å². The molecule has 1 amide bonds. The third-order valence-electron chi connectivity index (χ3n) is 5.77. The summed E-state index contributed by atoms with van der Waals surface area (Å²) >= 11 is 0. The smallest absolute Gasteiger partial charge is 0.388 e. The summed E-state index contributed by atoms with van der Waals surface area (Å²) < 4.78 is 104. The Morgan fingerprint density at radius 2 is 1.76 bits per heavy atom. The fourth-order valence-corrected chi connectivity index (χ4v) is 5.61. The molecular formula is C20H21F6N3O4S. The molecule has 3 rings (SSSR count). The molecule has 1 fully saturated rings. The number of aryl methyl sites for hydroxylation is 1. The van der Waals surface area contributed by atoms with Gasteiger partial charge in [-0.1, -0.05) is 6.07 Å². The summed E-state index contributed by atoms with van der Waals surface area (Å²) in [6, 6.07) is 3.99. The van der Waals surface area contributed by atoms with Crippen LogP contribution in [0.4, 0.5) is 26.3 Å². The van der Waals surface area contributed by atoms with Gasteiger partial charge in [0.2, 0.25) is 0 Å². The van der Waals surface area contributed by atoms with E-state index in [2.05, 4.69) is 10.4 Å². The van der Waals surface area contributed by atoms with E-state index in [4.69, 9.17) is 0 Å². The van der Waals surface area contributed by atoms with Crippen LogP contribution in [0.5, 0.6) is 0 Å². The highest BCUT2D eigenvalue weighted by molar-refractivity contribution is 7.92. The molecular weight excluding hydrogens is 492 g/mol. The first-order valence-electron chi connectivity index (χ1n) is 10.1. The quantitative estimate of drug-likeness (QED) is 0.598. The Kier molecular flexibility index (Phi) is 6.79. The normalized spacial score (nSPS) is 21.9. The Morgan fingerprint density at radius 3 is 2.29 bits per heavy atom. The number of alkyl halides is 6. The molecule has 1 heterocycles. The molecule has 1 aromatic heterocycles. The molecule has 14 heteroatoms. The van der Waals surface area contributed by atoms with E-state index in [1.54, 1.807) is 0 Å². The molecule has 0 atom stereocenters. The topological polar surface area (TPSA) is 101 Å². The maximum Gasteiger partial charge on any atom is 0.435 e. The maximum atomic E-state index is 12.9. The second-order valence-electron chi connectivity index (χ2n) is 8.21. The van der Waals surface area contributed by atoms with Gasteiger partial charge in [-0.2, -0.15) is 31.4 Å². The number of hydrogen-bond acceptors (Lipinski definition) is 5. The van der Waals surface area contributed by atoms with Crippen molar-refractivity contribution < 1.29 is 44.7 Å². The molecule has 188 valence electrons. The number of benzene rings is 1. The van der Waals surface area contributed by atoms with Gasteiger partial charge in [0.25, 0.3) is 5.91 Å². The van der Waals surface area contributed by atoms with E-state index in [1.807, 2.05) is 0 Å². The second kappa shape index (κ2) is 8.87. The Balaban J connectivity index is 1.64. The Hall–Kier alpha value is -2.61. The van der Waals surface area contributed by atoms with Gasteiger partial charge in [0.1, 0.15) is 5.69 Å². The van der Waals surface area contributed by atoms with Crippen LogP contribution in [0.2, 0.25) is 0 Å². The number of nitrogens with one attached hydrogen (secondary N) is 1. The fraction of sp³-hybridized carbons (Fsp3) is 0.500. The van der Waals surface area contributed by atoms with Crippen LogP contribution in [0.3, 0.4) is 0 Å². The number of halogens is 6. The van der Waals surface area contributed by atoms with Crippen LogP contribution in [-0.2, 0) is 29.2 Å². The molecule has 2 aromatic rings. The van der Waals surface area contributed by atoms with Crippen molar-refractivity contribution in [2.24, 2.45) is 7.05 Å². The monoisotopic (exact) mass is 513 g/mol. The predicted molar refractivity (Wildman–Crippen MR) is 106 cm³/mol. The molecule has 0 spiro atoms. The zero-order valence-corrected chi connectivity index (χ0v) is 18.6. The molecule has 0 bridgehead atoms. The molecule has 1 aliphatic carbocycles. The summed E-state index contributed by atoms with van der Waals surface area (Å²) in [5, 5.41) is 15.3. The van der Waals surface area contributed by atoms with Crippen LogP contribution in [0, 0.1) is 0 Å². The Labute approximate surface area is 190 Å². The van der Waals surface area contributed by atoms with Gasteiger partial charge in [0.05, 0.1) is 21.3 Å². The Morgan fingerprint density at radius 1 is 1.15 bits per heavy atom. The molecule has 7 nitrogen and oxygen atoms in total. The fourth-order valence-electron chi connectivity index (χ4n) is 3.81. The highest BCUT2D eigenvalue weighted by Crippen LogP contribution is 2.36. The minimum absolute atomic E-state index is 0.0745. The summed E-state index contributed by atoms with van der Waals surface area (Å²) in [6.45, 7) is -0.352. The van der Waals surface area contributed by atoms with Crippen LogP contribution in [0.15, 0.2) is 35.2 Å². The zero-order chi connectivity index (χ0) is 25.5. The first-order valence-corrected chi connectivity index (χ1v) is 11.6. The van der Waals surface area contributed by atoms with Gasteiger partial charge in [-0.25, -0.2) is 8.42 Å². The first kappa shape index (κ1) is 26.0. The molecule has 0 radical (unpaired) electrons. The molecule has 0 saturated heterocycles. The molecule has 1 saturated carbocycles. The lowest BCUT2D eigenvalue weighted by Gasteiger charge is -2.35. The van der Waals surface area contributed by atoms with E-state index in [9.17, 15) is 44.7 Å². The SMILES string of the molecule is Cn1nc(C(F)(F)F)cc1C(=O)NC[C@]1(O)CC[C@@H](S(=O)(=O)c2cccc(C(F)(F)F)c2)CC1. The van der Waals surface area contributed by atoms with Gasteiger partial charge in [0, 0.05) is 19.7 Å². The summed E-state index contributed by atoms with van der Waals surface area (Å²) in [4.78, 5) is 11.8. The standard InChI is InChI=1S/C20H21F6N3O4S/c1-29-15(10-16(28-29)20(24,25)26)17(30)27-11-18(31)7-5-13(6-8-18)34(32,33)14-4-2-3-12(9-14)19(21,22)23/h2-4,9-10,13,31H,5-8,11H2,1H3,(H,27,30)/t13-,18+. The number of amides is 1. The van der Waals surface area contributed by atoms with Crippen molar-refractivity contribution in [2.45, 2.75) is 53.8 Å². The summed E-state index contributed by atoms with van der Waals surface area (Å²) in [5.41, 5.74) is -4.25. The van der Waals surface area contributed by atoms with Gasteiger partial charge in [-0.15, -0.1) is 0 Å². The average molecular weight is 513 g/mol. The lowest BCUT2D eigenvalue weighted by Crippen LogP contribution is -2.47. The largest absolute Gasteiger partial charge is 0.435 e. The zero-order valence-electron chi connectivity index (χ0n) is 17.7. The minimum Gasteiger partial charge on any atom is -0.388 e. The number of carbonyl (C=O) groups excluding carboxylic acids is 1. The van der Waals surface area contributed by atoms with Gasteiger partial charge in [-0.3, -0.25) is 9.48 Å². The van der Waals surface area contributed by atoms with Crippen LogP contribution < -0.4 is 5.32 Å². The highest BCUT2D eigenvalue weighted by atomic mass is 32.2. The lowest BCUT2D eigenvalue weighted by molar-refractivity contribution is -0.141. The van der Waals surface area contributed by atoms with E-state index in [0.29, 0.717) is 12.1 Å². The van der Waals surface area contributed by atoms with Crippen molar-refractivity contribution in [2.75, 3.05) is 6.54 Å². The van der Waals surface area contributed by atoms with Gasteiger partial charge < -0.3 is 10.4 Å². The molecule has 0 aliphatic heterocycles. The van der Waals surface area contributed by atoms with Gasteiger partial charge in [0.15, 0.2) is 15.5 Å². The number of aliphatic hydroxyl groups is 1. The molecule has 1 aromatic carbocycles. The third-order valence-corrected chi connectivity index (χ3v) is 8.03. The number of hydrogen-bond donors (Lipinski definition) is 2. The average Bonchev–Trinajstić information content (AvgIpc) is 3.14. The van der Waals surface area contributed by atoms with Crippen LogP contribution in [0.1, 0.15) is 47.4 Å². The van der Waals surface area contributed by atoms with Crippen LogP contribution in [-0.4, -0.2) is 46.6 Å². The van der Waals surface area contributed by atoms with E-state index in [0.717, 1.165) is 29.9 Å². The number of sulfone groups is 1. The van der Waals surface area contributed by atoms with Crippen LogP contribution in [0.25, 0.3) is 0 Å². The van der Waals surface area contributed by atoms with Gasteiger partial charge in [-0.05, 0) is 43.9 Å². The summed E-state index contributed by atoms with van der Waals surface area (Å²) in [5.74, 6) is -0.905. The number of rotatable bonds is 5. The van der Waals surface area contributed by atoms with E-state index >= 15 is 0 Å². The number of aromatic nitrogens is 2. The minimum atomic E-state index is -4.74. The predicted octanol–water partition coefficient (Wildman–Crippen LogP) is 3.34. The van der Waals surface area contributed by atoms with Crippen molar-refractivity contribution in [3.63, 3.8) is 0 Å². The number of carbonyl (C=O) groups is 1. The van der Waals surface area contributed by atoms with Crippen molar-refractivity contribution in [1.82, 2.24) is 15.1 Å². The Bertz CT molecular complexity index is 1170. The molecule has 1 aliphatic rings. The third kappa shape index (κ3) is 5.54. The second-order valence-corrected chi connectivity index (χ2v) is 10.4. The maximum absolute atomic E-state index is 12.9. The van der Waals surface area contributed by atoms with E-state index in [-0.39, 0.29) is 37.9 Å². The lowest BCUT2D eigenvalue weighted by atomic mass is 9.84. The van der Waals surface area contributed by atoms with Crippen LogP contribution >= 0.6 is 0 Å².